The first-order valence-corrected chi connectivity index (χ1v) is 7.52. The summed E-state index contributed by atoms with van der Waals surface area (Å²) in [5.74, 6) is 0.512. The van der Waals surface area contributed by atoms with Gasteiger partial charge in [-0.3, -0.25) is 4.99 Å². The van der Waals surface area contributed by atoms with Crippen LogP contribution in [0.25, 0.3) is 0 Å². The Bertz CT molecular complexity index is 511. The van der Waals surface area contributed by atoms with Crippen molar-refractivity contribution in [3.63, 3.8) is 0 Å². The van der Waals surface area contributed by atoms with Gasteiger partial charge in [-0.15, -0.1) is 24.0 Å². The van der Waals surface area contributed by atoms with Gasteiger partial charge in [0.15, 0.2) is 5.96 Å². The third kappa shape index (κ3) is 10.1. The molecule has 0 aliphatic carbocycles. The van der Waals surface area contributed by atoms with Crippen LogP contribution in [0, 0.1) is 0 Å². The number of aliphatic imine (C=N–C) groups is 1. The Morgan fingerprint density at radius 2 is 1.87 bits per heavy atom. The van der Waals surface area contributed by atoms with Crippen molar-refractivity contribution in [2.75, 3.05) is 13.6 Å². The van der Waals surface area contributed by atoms with E-state index in [0.717, 1.165) is 5.56 Å². The highest BCUT2D eigenvalue weighted by Gasteiger charge is 2.25. The van der Waals surface area contributed by atoms with Crippen LogP contribution in [0.3, 0.4) is 0 Å². The maximum atomic E-state index is 12.0. The van der Waals surface area contributed by atoms with Gasteiger partial charge in [0, 0.05) is 36.6 Å². The van der Waals surface area contributed by atoms with Crippen molar-refractivity contribution >= 4 is 53.1 Å². The molecule has 0 saturated carbocycles. The number of rotatable bonds is 6. The van der Waals surface area contributed by atoms with Crippen LogP contribution < -0.4 is 10.6 Å². The lowest BCUT2D eigenvalue weighted by molar-refractivity contribution is -0.135. The van der Waals surface area contributed by atoms with Gasteiger partial charge < -0.3 is 10.6 Å². The standard InChI is InChI=1S/C14H18Cl2F3N3.HI/c1-20-13(21-7-3-2-6-14(17,18)19)22-9-10-4-5-11(15)8-12(10)16;/h4-5,8H,2-3,6-7,9H2,1H3,(H2,20,21,22);1H. The molecule has 0 aliphatic rings. The zero-order valence-corrected chi connectivity index (χ0v) is 16.4. The number of benzene rings is 1. The van der Waals surface area contributed by atoms with Crippen molar-refractivity contribution < 1.29 is 13.2 Å². The predicted molar refractivity (Wildman–Crippen MR) is 100.0 cm³/mol. The zero-order valence-electron chi connectivity index (χ0n) is 12.5. The molecular weight excluding hydrogens is 465 g/mol. The molecule has 0 amide bonds. The number of unbranched alkanes of at least 4 members (excludes halogenated alkanes) is 1. The van der Waals surface area contributed by atoms with Crippen molar-refractivity contribution in [2.24, 2.45) is 4.99 Å². The normalized spacial score (nSPS) is 11.8. The summed E-state index contributed by atoms with van der Waals surface area (Å²) >= 11 is 11.9. The molecule has 0 saturated heterocycles. The van der Waals surface area contributed by atoms with Gasteiger partial charge in [-0.25, -0.2) is 0 Å². The van der Waals surface area contributed by atoms with E-state index in [9.17, 15) is 13.2 Å². The van der Waals surface area contributed by atoms with Crippen molar-refractivity contribution in [2.45, 2.75) is 32.0 Å². The maximum absolute atomic E-state index is 12.0. The summed E-state index contributed by atoms with van der Waals surface area (Å²) in [5, 5.41) is 7.10. The topological polar surface area (TPSA) is 36.4 Å². The summed E-state index contributed by atoms with van der Waals surface area (Å²) < 4.78 is 36.0. The fraction of sp³-hybridized carbons (Fsp3) is 0.500. The third-order valence-electron chi connectivity index (χ3n) is 2.86. The highest BCUT2D eigenvalue weighted by Crippen LogP contribution is 2.22. The zero-order chi connectivity index (χ0) is 16.6. The van der Waals surface area contributed by atoms with Gasteiger partial charge in [0.2, 0.25) is 0 Å². The molecule has 0 unspecified atom stereocenters. The molecule has 0 aromatic heterocycles. The van der Waals surface area contributed by atoms with E-state index in [1.807, 2.05) is 0 Å². The molecule has 23 heavy (non-hydrogen) atoms. The van der Waals surface area contributed by atoms with E-state index in [1.54, 1.807) is 25.2 Å². The fourth-order valence-corrected chi connectivity index (χ4v) is 2.20. The van der Waals surface area contributed by atoms with Crippen LogP contribution in [-0.4, -0.2) is 25.7 Å². The van der Waals surface area contributed by atoms with E-state index in [-0.39, 0.29) is 30.4 Å². The molecular formula is C14H19Cl2F3IN3. The minimum atomic E-state index is -4.09. The quantitative estimate of drug-likeness (QED) is 0.258. The van der Waals surface area contributed by atoms with Gasteiger partial charge in [0.05, 0.1) is 0 Å². The molecule has 1 rings (SSSR count). The van der Waals surface area contributed by atoms with Gasteiger partial charge in [0.1, 0.15) is 0 Å². The van der Waals surface area contributed by atoms with Gasteiger partial charge in [-0.2, -0.15) is 13.2 Å². The Hall–Kier alpha value is -0.410. The summed E-state index contributed by atoms with van der Waals surface area (Å²) in [4.78, 5) is 4.00. The van der Waals surface area contributed by atoms with Crippen molar-refractivity contribution in [1.29, 1.82) is 0 Å². The largest absolute Gasteiger partial charge is 0.389 e. The highest BCUT2D eigenvalue weighted by molar-refractivity contribution is 14.0. The summed E-state index contributed by atoms with van der Waals surface area (Å²) in [6.45, 7) is 0.863. The van der Waals surface area contributed by atoms with E-state index < -0.39 is 12.6 Å². The van der Waals surface area contributed by atoms with Crippen LogP contribution in [0.2, 0.25) is 10.0 Å². The number of hydrogen-bond acceptors (Lipinski definition) is 1. The number of nitrogens with one attached hydrogen (secondary N) is 2. The SMILES string of the molecule is CN=C(NCCCCC(F)(F)F)NCc1ccc(Cl)cc1Cl.I. The Morgan fingerprint density at radius 3 is 2.43 bits per heavy atom. The van der Waals surface area contributed by atoms with Crippen molar-refractivity contribution in [3.8, 4) is 0 Å². The summed E-state index contributed by atoms with van der Waals surface area (Å²) in [5.41, 5.74) is 0.853. The molecule has 1 aromatic carbocycles. The molecule has 0 bridgehead atoms. The molecule has 3 nitrogen and oxygen atoms in total. The number of hydrogen-bond donors (Lipinski definition) is 2. The first kappa shape index (κ1) is 22.6. The number of nitrogens with zero attached hydrogens (tertiary/aromatic N) is 1. The lowest BCUT2D eigenvalue weighted by Gasteiger charge is -2.13. The van der Waals surface area contributed by atoms with Gasteiger partial charge in [-0.1, -0.05) is 29.3 Å². The number of alkyl halides is 3. The van der Waals surface area contributed by atoms with Crippen molar-refractivity contribution in [1.82, 2.24) is 10.6 Å². The second-order valence-corrected chi connectivity index (χ2v) is 5.50. The van der Waals surface area contributed by atoms with Crippen LogP contribution in [0.1, 0.15) is 24.8 Å². The number of halogens is 6. The van der Waals surface area contributed by atoms with E-state index >= 15 is 0 Å². The van der Waals surface area contributed by atoms with Crippen LogP contribution in [0.15, 0.2) is 23.2 Å². The third-order valence-corrected chi connectivity index (χ3v) is 3.45. The Labute approximate surface area is 161 Å². The summed E-state index contributed by atoms with van der Waals surface area (Å²) in [6, 6.07) is 5.18. The molecule has 0 fully saturated rings. The maximum Gasteiger partial charge on any atom is 0.389 e. The van der Waals surface area contributed by atoms with Gasteiger partial charge in [-0.05, 0) is 30.5 Å². The van der Waals surface area contributed by atoms with Crippen LogP contribution in [0.4, 0.5) is 13.2 Å². The predicted octanol–water partition coefficient (Wildman–Crippen LogP) is 5.01. The minimum Gasteiger partial charge on any atom is -0.356 e. The Balaban J connectivity index is 0.00000484. The Kier molecular flexibility index (Phi) is 11.0. The van der Waals surface area contributed by atoms with E-state index in [4.69, 9.17) is 23.2 Å². The average molecular weight is 484 g/mol. The molecule has 0 radical (unpaired) electrons. The Morgan fingerprint density at radius 1 is 1.17 bits per heavy atom. The van der Waals surface area contributed by atoms with Gasteiger partial charge in [0.25, 0.3) is 0 Å². The van der Waals surface area contributed by atoms with Crippen LogP contribution in [-0.2, 0) is 6.54 Å². The highest BCUT2D eigenvalue weighted by atomic mass is 127. The number of guanidine groups is 1. The second-order valence-electron chi connectivity index (χ2n) is 4.66. The average Bonchev–Trinajstić information content (AvgIpc) is 2.42. The van der Waals surface area contributed by atoms with Crippen molar-refractivity contribution in [3.05, 3.63) is 33.8 Å². The summed E-state index contributed by atoms with van der Waals surface area (Å²) in [6.07, 6.45) is -4.34. The molecule has 0 heterocycles. The lowest BCUT2D eigenvalue weighted by atomic mass is 10.2. The smallest absolute Gasteiger partial charge is 0.356 e. The molecule has 2 N–H and O–H groups in total. The molecule has 9 heteroatoms. The molecule has 0 aliphatic heterocycles. The minimum absolute atomic E-state index is 0. The monoisotopic (exact) mass is 483 g/mol. The molecule has 1 aromatic rings. The first-order valence-electron chi connectivity index (χ1n) is 6.77. The van der Waals surface area contributed by atoms with E-state index in [1.165, 1.54) is 0 Å². The van der Waals surface area contributed by atoms with E-state index in [0.29, 0.717) is 35.5 Å². The molecule has 132 valence electrons. The van der Waals surface area contributed by atoms with Gasteiger partial charge >= 0.3 is 6.18 Å². The second kappa shape index (κ2) is 11.2. The summed E-state index contributed by atoms with van der Waals surface area (Å²) in [7, 11) is 1.59. The molecule has 0 atom stereocenters. The van der Waals surface area contributed by atoms with Crippen LogP contribution in [0.5, 0.6) is 0 Å². The lowest BCUT2D eigenvalue weighted by Crippen LogP contribution is -2.37. The molecule has 0 spiro atoms. The van der Waals surface area contributed by atoms with Crippen LogP contribution >= 0.6 is 47.2 Å². The fourth-order valence-electron chi connectivity index (χ4n) is 1.72. The van der Waals surface area contributed by atoms with E-state index in [2.05, 4.69) is 15.6 Å². The first-order chi connectivity index (χ1) is 10.3.